The number of hydrogen-bond donors (Lipinski definition) is 1. The number of pyridine rings is 1. The molecule has 1 aliphatic rings. The van der Waals surface area contributed by atoms with Gasteiger partial charge in [-0.15, -0.1) is 0 Å². The van der Waals surface area contributed by atoms with Gasteiger partial charge in [-0.25, -0.2) is 8.42 Å². The largest absolute Gasteiger partial charge is 0.489 e. The first-order valence-corrected chi connectivity index (χ1v) is 12.5. The van der Waals surface area contributed by atoms with Crippen LogP contribution in [0, 0.1) is 19.3 Å². The molecule has 0 radical (unpaired) electrons. The second kappa shape index (κ2) is 9.11. The molecule has 1 aromatic heterocycles. The van der Waals surface area contributed by atoms with Gasteiger partial charge in [-0.05, 0) is 49.7 Å². The zero-order valence-electron chi connectivity index (χ0n) is 19.1. The molecule has 2 aromatic carbocycles. The van der Waals surface area contributed by atoms with E-state index in [4.69, 9.17) is 9.47 Å². The highest BCUT2D eigenvalue weighted by atomic mass is 32.2. The highest BCUT2D eigenvalue weighted by Crippen LogP contribution is 2.32. The van der Waals surface area contributed by atoms with Gasteiger partial charge in [0, 0.05) is 35.1 Å². The average molecular weight is 469 g/mol. The lowest BCUT2D eigenvalue weighted by atomic mass is 9.80. The van der Waals surface area contributed by atoms with Gasteiger partial charge in [0.1, 0.15) is 12.4 Å². The number of aromatic nitrogens is 1. The third-order valence-corrected chi connectivity index (χ3v) is 8.06. The summed E-state index contributed by atoms with van der Waals surface area (Å²) in [6, 6.07) is 14.5. The Bertz CT molecular complexity index is 1280. The number of hydrogen-bond acceptors (Lipinski definition) is 7. The molecule has 2 heterocycles. The van der Waals surface area contributed by atoms with Crippen LogP contribution in [0.4, 0.5) is 0 Å². The van der Waals surface area contributed by atoms with Crippen molar-refractivity contribution in [2.24, 2.45) is 5.41 Å². The molecule has 3 aromatic rings. The Hall–Kier alpha value is -2.97. The molecule has 1 N–H and O–H groups in total. The molecule has 33 heavy (non-hydrogen) atoms. The van der Waals surface area contributed by atoms with Crippen LogP contribution < -0.4 is 10.1 Å². The number of fused-ring (bicyclic) bond motifs is 1. The summed E-state index contributed by atoms with van der Waals surface area (Å²) < 4.78 is 36.7. The number of sulfone groups is 1. The van der Waals surface area contributed by atoms with E-state index in [2.05, 4.69) is 10.3 Å². The summed E-state index contributed by atoms with van der Waals surface area (Å²) >= 11 is 0. The molecule has 0 amide bonds. The number of methoxy groups -OCH3 is 1. The first-order chi connectivity index (χ1) is 15.7. The third-order valence-electron chi connectivity index (χ3n) is 6.08. The fraction of sp³-hybridized carbons (Fsp3) is 0.360. The van der Waals surface area contributed by atoms with Crippen molar-refractivity contribution in [2.75, 3.05) is 26.0 Å². The number of carbonyl (C=O) groups is 1. The molecule has 7 nitrogen and oxygen atoms in total. The van der Waals surface area contributed by atoms with Crippen LogP contribution in [0.1, 0.15) is 23.2 Å². The van der Waals surface area contributed by atoms with Crippen molar-refractivity contribution in [1.82, 2.24) is 10.3 Å². The lowest BCUT2D eigenvalue weighted by Crippen LogP contribution is -2.57. The molecule has 4 rings (SSSR count). The number of nitrogens with one attached hydrogen (secondary N) is 1. The molecule has 0 spiro atoms. The van der Waals surface area contributed by atoms with Crippen LogP contribution in [-0.4, -0.2) is 45.3 Å². The SMILES string of the molecule is COC(=O)CC1(CS(=O)(=O)c2ccc(OCc3cc(C)nc4c(C)cccc34)cc2)CNC1. The molecular formula is C25H28N2O5S. The van der Waals surface area contributed by atoms with E-state index in [1.807, 2.05) is 38.1 Å². The molecular weight excluding hydrogens is 440 g/mol. The van der Waals surface area contributed by atoms with Crippen LogP contribution >= 0.6 is 0 Å². The summed E-state index contributed by atoms with van der Waals surface area (Å²) in [5, 5.41) is 4.12. The number of para-hydroxylation sites is 1. The van der Waals surface area contributed by atoms with Crippen molar-refractivity contribution in [2.45, 2.75) is 31.8 Å². The maximum absolute atomic E-state index is 13.0. The molecule has 0 atom stereocenters. The lowest BCUT2D eigenvalue weighted by Gasteiger charge is -2.41. The maximum atomic E-state index is 13.0. The Balaban J connectivity index is 1.47. The topological polar surface area (TPSA) is 94.6 Å². The van der Waals surface area contributed by atoms with E-state index >= 15 is 0 Å². The zero-order chi connectivity index (χ0) is 23.6. The molecule has 1 saturated heterocycles. The van der Waals surface area contributed by atoms with Gasteiger partial charge in [-0.3, -0.25) is 9.78 Å². The number of ether oxygens (including phenoxy) is 2. The van der Waals surface area contributed by atoms with Crippen LogP contribution in [0.3, 0.4) is 0 Å². The van der Waals surface area contributed by atoms with E-state index in [1.165, 1.54) is 7.11 Å². The fourth-order valence-electron chi connectivity index (χ4n) is 4.25. The van der Waals surface area contributed by atoms with Crippen LogP contribution in [0.15, 0.2) is 53.4 Å². The summed E-state index contributed by atoms with van der Waals surface area (Å²) in [7, 11) is -2.26. The lowest BCUT2D eigenvalue weighted by molar-refractivity contribution is -0.143. The van der Waals surface area contributed by atoms with Crippen LogP contribution in [0.25, 0.3) is 10.9 Å². The van der Waals surface area contributed by atoms with Gasteiger partial charge >= 0.3 is 5.97 Å². The quantitative estimate of drug-likeness (QED) is 0.507. The number of carbonyl (C=O) groups excluding carboxylic acids is 1. The molecule has 174 valence electrons. The van der Waals surface area contributed by atoms with Crippen LogP contribution in [-0.2, 0) is 26.0 Å². The van der Waals surface area contributed by atoms with Gasteiger partial charge in [0.2, 0.25) is 0 Å². The van der Waals surface area contributed by atoms with Gasteiger partial charge < -0.3 is 14.8 Å². The number of benzene rings is 2. The fourth-order valence-corrected chi connectivity index (χ4v) is 6.08. The first-order valence-electron chi connectivity index (χ1n) is 10.8. The minimum Gasteiger partial charge on any atom is -0.489 e. The smallest absolute Gasteiger partial charge is 0.306 e. The Labute approximate surface area is 194 Å². The Kier molecular flexibility index (Phi) is 6.41. The van der Waals surface area contributed by atoms with E-state index in [0.29, 0.717) is 25.4 Å². The Morgan fingerprint density at radius 2 is 1.85 bits per heavy atom. The Morgan fingerprint density at radius 3 is 2.48 bits per heavy atom. The van der Waals surface area contributed by atoms with E-state index in [1.54, 1.807) is 24.3 Å². The molecule has 0 bridgehead atoms. The second-order valence-corrected chi connectivity index (χ2v) is 10.8. The average Bonchev–Trinajstić information content (AvgIpc) is 2.76. The predicted molar refractivity (Wildman–Crippen MR) is 126 cm³/mol. The van der Waals surface area contributed by atoms with Crippen molar-refractivity contribution in [3.8, 4) is 5.75 Å². The zero-order valence-corrected chi connectivity index (χ0v) is 19.9. The predicted octanol–water partition coefficient (Wildman–Crippen LogP) is 3.36. The maximum Gasteiger partial charge on any atom is 0.306 e. The monoisotopic (exact) mass is 468 g/mol. The number of nitrogens with zero attached hydrogens (tertiary/aromatic N) is 1. The number of esters is 1. The minimum atomic E-state index is -3.57. The van der Waals surface area contributed by atoms with E-state index in [0.717, 1.165) is 27.7 Å². The van der Waals surface area contributed by atoms with Gasteiger partial charge in [0.15, 0.2) is 9.84 Å². The summed E-state index contributed by atoms with van der Waals surface area (Å²) in [4.78, 5) is 16.6. The van der Waals surface area contributed by atoms with E-state index in [-0.39, 0.29) is 17.1 Å². The number of aryl methyl sites for hydroxylation is 2. The molecule has 0 aliphatic carbocycles. The van der Waals surface area contributed by atoms with Gasteiger partial charge in [-0.2, -0.15) is 0 Å². The van der Waals surface area contributed by atoms with Crippen molar-refractivity contribution in [1.29, 1.82) is 0 Å². The van der Waals surface area contributed by atoms with Crippen molar-refractivity contribution < 1.29 is 22.7 Å². The van der Waals surface area contributed by atoms with Crippen molar-refractivity contribution >= 4 is 26.7 Å². The van der Waals surface area contributed by atoms with Crippen LogP contribution in [0.2, 0.25) is 0 Å². The minimum absolute atomic E-state index is 0.0791. The summed E-state index contributed by atoms with van der Waals surface area (Å²) in [5.74, 6) is 0.0764. The molecule has 8 heteroatoms. The summed E-state index contributed by atoms with van der Waals surface area (Å²) in [6.07, 6.45) is 0.0791. The highest BCUT2D eigenvalue weighted by molar-refractivity contribution is 7.91. The standard InChI is InChI=1S/C25H28N2O5S/c1-17-5-4-6-22-19(11-18(2)27-24(17)22)13-32-20-7-9-21(10-8-20)33(29,30)16-25(14-26-15-25)12-23(28)31-3/h4-11,26H,12-16H2,1-3H3. The van der Waals surface area contributed by atoms with Gasteiger partial charge in [0.05, 0.1) is 29.7 Å². The second-order valence-electron chi connectivity index (χ2n) is 8.77. The first kappa shape index (κ1) is 23.2. The highest BCUT2D eigenvalue weighted by Gasteiger charge is 2.43. The van der Waals surface area contributed by atoms with Crippen LogP contribution in [0.5, 0.6) is 5.75 Å². The van der Waals surface area contributed by atoms with Gasteiger partial charge in [0.25, 0.3) is 0 Å². The van der Waals surface area contributed by atoms with Gasteiger partial charge in [-0.1, -0.05) is 18.2 Å². The summed E-state index contributed by atoms with van der Waals surface area (Å²) in [5.41, 5.74) is 3.39. The number of rotatable bonds is 8. The third kappa shape index (κ3) is 5.02. The summed E-state index contributed by atoms with van der Waals surface area (Å²) in [6.45, 7) is 5.29. The van der Waals surface area contributed by atoms with E-state index in [9.17, 15) is 13.2 Å². The molecule has 0 unspecified atom stereocenters. The van der Waals surface area contributed by atoms with Crippen molar-refractivity contribution in [3.05, 3.63) is 65.4 Å². The molecule has 1 fully saturated rings. The normalized spacial score (nSPS) is 15.1. The van der Waals surface area contributed by atoms with Crippen molar-refractivity contribution in [3.63, 3.8) is 0 Å². The molecule has 0 saturated carbocycles. The van der Waals surface area contributed by atoms with E-state index < -0.39 is 21.2 Å². The Morgan fingerprint density at radius 1 is 1.12 bits per heavy atom. The molecule has 1 aliphatic heterocycles.